The maximum atomic E-state index is 13.2. The molecular formula is C25H25FN2O3. The summed E-state index contributed by atoms with van der Waals surface area (Å²) in [6.07, 6.45) is 0. The molecule has 0 unspecified atom stereocenters. The van der Waals surface area contributed by atoms with Crippen molar-refractivity contribution in [1.82, 2.24) is 4.90 Å². The van der Waals surface area contributed by atoms with Crippen molar-refractivity contribution < 1.29 is 18.7 Å². The predicted molar refractivity (Wildman–Crippen MR) is 118 cm³/mol. The zero-order chi connectivity index (χ0) is 21.6. The molecule has 0 atom stereocenters. The van der Waals surface area contributed by atoms with E-state index < -0.39 is 0 Å². The highest BCUT2D eigenvalue weighted by Gasteiger charge is 2.24. The van der Waals surface area contributed by atoms with E-state index in [2.05, 4.69) is 4.90 Å². The van der Waals surface area contributed by atoms with Crippen LogP contribution < -0.4 is 14.4 Å². The predicted octanol–water partition coefficient (Wildman–Crippen LogP) is 4.38. The van der Waals surface area contributed by atoms with Gasteiger partial charge in [-0.1, -0.05) is 24.3 Å². The number of ether oxygens (including phenoxy) is 2. The molecule has 0 spiro atoms. The summed E-state index contributed by atoms with van der Waals surface area (Å²) in [6, 6.07) is 21.4. The summed E-state index contributed by atoms with van der Waals surface area (Å²) in [7, 11) is 1.65. The van der Waals surface area contributed by atoms with E-state index in [1.165, 1.54) is 12.1 Å². The molecule has 1 fully saturated rings. The van der Waals surface area contributed by atoms with Gasteiger partial charge in [-0.2, -0.15) is 0 Å². The molecule has 0 aliphatic carbocycles. The van der Waals surface area contributed by atoms with Crippen LogP contribution in [0.25, 0.3) is 0 Å². The normalized spacial score (nSPS) is 13.7. The minimum Gasteiger partial charge on any atom is -0.497 e. The zero-order valence-corrected chi connectivity index (χ0v) is 17.5. The number of rotatable bonds is 6. The first-order valence-corrected chi connectivity index (χ1v) is 10.3. The number of methoxy groups -OCH3 is 1. The molecule has 0 saturated carbocycles. The molecule has 1 aliphatic rings. The topological polar surface area (TPSA) is 42.0 Å². The molecule has 1 aliphatic heterocycles. The van der Waals surface area contributed by atoms with Crippen LogP contribution >= 0.6 is 0 Å². The van der Waals surface area contributed by atoms with Crippen LogP contribution in [0.4, 0.5) is 10.1 Å². The number of carbonyl (C=O) groups is 1. The third-order valence-corrected chi connectivity index (χ3v) is 5.43. The first kappa shape index (κ1) is 20.7. The van der Waals surface area contributed by atoms with Crippen LogP contribution in [0.2, 0.25) is 0 Å². The molecular weight excluding hydrogens is 395 g/mol. The molecule has 0 radical (unpaired) electrons. The van der Waals surface area contributed by atoms with Gasteiger partial charge in [0.2, 0.25) is 0 Å². The molecule has 3 aromatic rings. The Balaban J connectivity index is 1.39. The first-order chi connectivity index (χ1) is 15.1. The smallest absolute Gasteiger partial charge is 0.257 e. The van der Waals surface area contributed by atoms with Crippen molar-refractivity contribution >= 4 is 11.6 Å². The van der Waals surface area contributed by atoms with E-state index in [0.29, 0.717) is 24.4 Å². The second kappa shape index (κ2) is 9.51. The average molecular weight is 420 g/mol. The van der Waals surface area contributed by atoms with Crippen LogP contribution in [0.1, 0.15) is 15.9 Å². The monoisotopic (exact) mass is 420 g/mol. The molecule has 1 amide bonds. The lowest BCUT2D eigenvalue weighted by Gasteiger charge is -2.36. The molecule has 1 heterocycles. The fourth-order valence-electron chi connectivity index (χ4n) is 3.64. The number of hydrogen-bond acceptors (Lipinski definition) is 4. The van der Waals surface area contributed by atoms with Crippen molar-refractivity contribution in [3.63, 3.8) is 0 Å². The summed E-state index contributed by atoms with van der Waals surface area (Å²) >= 11 is 0. The van der Waals surface area contributed by atoms with E-state index in [9.17, 15) is 9.18 Å². The van der Waals surface area contributed by atoms with E-state index >= 15 is 0 Å². The highest BCUT2D eigenvalue weighted by molar-refractivity contribution is 5.97. The Morgan fingerprint density at radius 3 is 2.26 bits per heavy atom. The van der Waals surface area contributed by atoms with Crippen molar-refractivity contribution in [2.24, 2.45) is 0 Å². The van der Waals surface area contributed by atoms with Gasteiger partial charge in [-0.05, 0) is 54.1 Å². The summed E-state index contributed by atoms with van der Waals surface area (Å²) in [5.41, 5.74) is 2.51. The number of hydrogen-bond donors (Lipinski definition) is 0. The SMILES string of the molecule is COc1ccc(N2CCN(C(=O)c3ccccc3OCc3ccc(F)cc3)CC2)cc1. The quantitative estimate of drug-likeness (QED) is 0.594. The molecule has 0 aromatic heterocycles. The van der Waals surface area contributed by atoms with Gasteiger partial charge in [-0.3, -0.25) is 4.79 Å². The second-order valence-electron chi connectivity index (χ2n) is 7.39. The summed E-state index contributed by atoms with van der Waals surface area (Å²) in [4.78, 5) is 17.3. The number of piperazine rings is 1. The van der Waals surface area contributed by atoms with E-state index in [1.807, 2.05) is 41.3 Å². The Kier molecular flexibility index (Phi) is 6.36. The second-order valence-corrected chi connectivity index (χ2v) is 7.39. The number of anilines is 1. The van der Waals surface area contributed by atoms with E-state index in [1.54, 1.807) is 31.4 Å². The Bertz CT molecular complexity index is 1010. The van der Waals surface area contributed by atoms with Crippen molar-refractivity contribution in [3.05, 3.63) is 89.7 Å². The Hall–Kier alpha value is -3.54. The number of halogens is 1. The fraction of sp³-hybridized carbons (Fsp3) is 0.240. The molecule has 0 N–H and O–H groups in total. The van der Waals surface area contributed by atoms with Gasteiger partial charge in [0.25, 0.3) is 5.91 Å². The highest BCUT2D eigenvalue weighted by atomic mass is 19.1. The van der Waals surface area contributed by atoms with Gasteiger partial charge >= 0.3 is 0 Å². The van der Waals surface area contributed by atoms with Gasteiger partial charge < -0.3 is 19.3 Å². The third-order valence-electron chi connectivity index (χ3n) is 5.43. The van der Waals surface area contributed by atoms with Crippen molar-refractivity contribution in [1.29, 1.82) is 0 Å². The molecule has 4 rings (SSSR count). The van der Waals surface area contributed by atoms with Gasteiger partial charge in [-0.15, -0.1) is 0 Å². The van der Waals surface area contributed by atoms with Gasteiger partial charge in [0.15, 0.2) is 0 Å². The number of para-hydroxylation sites is 1. The van der Waals surface area contributed by atoms with Gasteiger partial charge in [0, 0.05) is 31.9 Å². The van der Waals surface area contributed by atoms with E-state index in [4.69, 9.17) is 9.47 Å². The van der Waals surface area contributed by atoms with Crippen molar-refractivity contribution in [2.45, 2.75) is 6.61 Å². The Labute approximate surface area is 181 Å². The maximum Gasteiger partial charge on any atom is 0.257 e. The minimum absolute atomic E-state index is 0.0379. The van der Waals surface area contributed by atoms with Crippen LogP contribution in [-0.4, -0.2) is 44.1 Å². The third kappa shape index (κ3) is 4.97. The number of amides is 1. The minimum atomic E-state index is -0.284. The van der Waals surface area contributed by atoms with E-state index in [-0.39, 0.29) is 18.3 Å². The Morgan fingerprint density at radius 2 is 1.58 bits per heavy atom. The number of carbonyl (C=O) groups excluding carboxylic acids is 1. The van der Waals surface area contributed by atoms with Gasteiger partial charge in [0.05, 0.1) is 12.7 Å². The summed E-state index contributed by atoms with van der Waals surface area (Å²) in [6.45, 7) is 3.07. The van der Waals surface area contributed by atoms with Crippen LogP contribution in [0.15, 0.2) is 72.8 Å². The largest absolute Gasteiger partial charge is 0.497 e. The van der Waals surface area contributed by atoms with Crippen LogP contribution in [0.5, 0.6) is 11.5 Å². The maximum absolute atomic E-state index is 13.2. The highest BCUT2D eigenvalue weighted by Crippen LogP contribution is 2.24. The molecule has 1 saturated heterocycles. The molecule has 31 heavy (non-hydrogen) atoms. The number of benzene rings is 3. The molecule has 3 aromatic carbocycles. The lowest BCUT2D eigenvalue weighted by Crippen LogP contribution is -2.48. The molecule has 5 nitrogen and oxygen atoms in total. The molecule has 6 heteroatoms. The van der Waals surface area contributed by atoms with Gasteiger partial charge in [0.1, 0.15) is 23.9 Å². The van der Waals surface area contributed by atoms with Crippen LogP contribution in [0.3, 0.4) is 0 Å². The summed E-state index contributed by atoms with van der Waals surface area (Å²) in [5, 5.41) is 0. The summed E-state index contributed by atoms with van der Waals surface area (Å²) < 4.78 is 24.2. The molecule has 160 valence electrons. The molecule has 0 bridgehead atoms. The van der Waals surface area contributed by atoms with Crippen LogP contribution in [-0.2, 0) is 6.61 Å². The van der Waals surface area contributed by atoms with Crippen molar-refractivity contribution in [2.75, 3.05) is 38.2 Å². The first-order valence-electron chi connectivity index (χ1n) is 10.3. The Morgan fingerprint density at radius 1 is 0.903 bits per heavy atom. The number of nitrogens with zero attached hydrogens (tertiary/aromatic N) is 2. The standard InChI is InChI=1S/C25H25FN2O3/c1-30-22-12-10-21(11-13-22)27-14-16-28(17-15-27)25(29)23-4-2-3-5-24(23)31-18-19-6-8-20(26)9-7-19/h2-13H,14-18H2,1H3. The van der Waals surface area contributed by atoms with E-state index in [0.717, 1.165) is 30.1 Å². The van der Waals surface area contributed by atoms with Gasteiger partial charge in [-0.25, -0.2) is 4.39 Å². The lowest BCUT2D eigenvalue weighted by atomic mass is 10.1. The zero-order valence-electron chi connectivity index (χ0n) is 17.5. The fourth-order valence-corrected chi connectivity index (χ4v) is 3.64. The average Bonchev–Trinajstić information content (AvgIpc) is 2.83. The van der Waals surface area contributed by atoms with Crippen LogP contribution in [0, 0.1) is 5.82 Å². The summed E-state index contributed by atoms with van der Waals surface area (Å²) in [5.74, 6) is 1.04. The lowest BCUT2D eigenvalue weighted by molar-refractivity contribution is 0.0742. The van der Waals surface area contributed by atoms with Crippen molar-refractivity contribution in [3.8, 4) is 11.5 Å².